The molecule has 2 aliphatic rings. The van der Waals surface area contributed by atoms with Crippen LogP contribution in [0.1, 0.15) is 70.8 Å². The van der Waals surface area contributed by atoms with Crippen molar-refractivity contribution in [3.8, 4) is 6.07 Å². The average molecular weight is 622 g/mol. The highest BCUT2D eigenvalue weighted by Crippen LogP contribution is 2.38. The van der Waals surface area contributed by atoms with Gasteiger partial charge in [0, 0.05) is 44.0 Å². The first kappa shape index (κ1) is 29.6. The highest BCUT2D eigenvalue weighted by atomic mass is 32.2. The summed E-state index contributed by atoms with van der Waals surface area (Å²) in [6, 6.07) is 10.3. The van der Waals surface area contributed by atoms with Gasteiger partial charge in [-0.2, -0.15) is 9.57 Å². The van der Waals surface area contributed by atoms with Gasteiger partial charge in [0.15, 0.2) is 5.65 Å². The Morgan fingerprint density at radius 3 is 2.73 bits per heavy atom. The fraction of sp³-hybridized carbons (Fsp3) is 0.367. The minimum atomic E-state index is -4.04. The highest BCUT2D eigenvalue weighted by molar-refractivity contribution is 7.89. The number of carboxylic acid groups (broad SMARTS) is 1. The monoisotopic (exact) mass is 621 g/mol. The van der Waals surface area contributed by atoms with Gasteiger partial charge >= 0.3 is 5.97 Å². The van der Waals surface area contributed by atoms with Crippen LogP contribution in [0.4, 0.5) is 14.6 Å². The molecule has 228 valence electrons. The number of fused-ring (bicyclic) bond motifs is 4. The third-order valence-corrected chi connectivity index (χ3v) is 10.4. The van der Waals surface area contributed by atoms with Crippen molar-refractivity contribution in [2.45, 2.75) is 62.9 Å². The van der Waals surface area contributed by atoms with Crippen LogP contribution >= 0.6 is 0 Å². The quantitative estimate of drug-likeness (QED) is 0.319. The Morgan fingerprint density at radius 1 is 1.20 bits per heavy atom. The van der Waals surface area contributed by atoms with E-state index >= 15 is 0 Å². The summed E-state index contributed by atoms with van der Waals surface area (Å²) in [5.74, 6) is -1.87. The second-order valence-electron chi connectivity index (χ2n) is 11.2. The number of anilines is 1. The first-order chi connectivity index (χ1) is 21.0. The Labute approximate surface area is 252 Å². The molecule has 0 unspecified atom stereocenters. The molecule has 1 fully saturated rings. The molecule has 14 heteroatoms. The van der Waals surface area contributed by atoms with Gasteiger partial charge < -0.3 is 10.0 Å². The normalized spacial score (nSPS) is 18.5. The molecule has 1 N–H and O–H groups in total. The number of pyridine rings is 2. The van der Waals surface area contributed by atoms with Crippen LogP contribution in [-0.2, 0) is 21.4 Å². The number of nitrogens with zero attached hydrogens (tertiary/aromatic N) is 7. The molecule has 11 nitrogen and oxygen atoms in total. The van der Waals surface area contributed by atoms with E-state index in [1.165, 1.54) is 27.2 Å². The van der Waals surface area contributed by atoms with Crippen molar-refractivity contribution in [3.63, 3.8) is 0 Å². The second-order valence-corrected chi connectivity index (χ2v) is 13.1. The summed E-state index contributed by atoms with van der Waals surface area (Å²) < 4.78 is 57.6. The van der Waals surface area contributed by atoms with Gasteiger partial charge in [0.25, 0.3) is 6.43 Å². The Balaban J connectivity index is 1.41. The number of aromatic nitrogens is 4. The SMILES string of the molecule is Cc1ccc([C@H](CC(=O)O)c2ccn3c(C(F)F)nnc3c2C)cc1CN1C[C@H]2CCCN2c2ncc(C#N)cc2S1(=O)=O. The van der Waals surface area contributed by atoms with Crippen LogP contribution in [0.25, 0.3) is 5.65 Å². The Morgan fingerprint density at radius 2 is 2.00 bits per heavy atom. The van der Waals surface area contributed by atoms with Crippen molar-refractivity contribution in [2.75, 3.05) is 18.0 Å². The molecule has 1 saturated heterocycles. The number of sulfonamides is 1. The largest absolute Gasteiger partial charge is 0.481 e. The molecule has 0 amide bonds. The lowest BCUT2D eigenvalue weighted by atomic mass is 9.85. The van der Waals surface area contributed by atoms with E-state index in [1.807, 2.05) is 30.0 Å². The van der Waals surface area contributed by atoms with Gasteiger partial charge in [0.05, 0.1) is 12.0 Å². The van der Waals surface area contributed by atoms with Gasteiger partial charge in [-0.05, 0) is 66.6 Å². The molecular weight excluding hydrogens is 592 g/mol. The molecule has 44 heavy (non-hydrogen) atoms. The summed E-state index contributed by atoms with van der Waals surface area (Å²) >= 11 is 0. The first-order valence-corrected chi connectivity index (χ1v) is 15.5. The van der Waals surface area contributed by atoms with Crippen LogP contribution in [0.2, 0.25) is 0 Å². The Hall–Kier alpha value is -4.48. The van der Waals surface area contributed by atoms with E-state index in [9.17, 15) is 32.4 Å². The topological polar surface area (TPSA) is 145 Å². The Bertz CT molecular complexity index is 1940. The van der Waals surface area contributed by atoms with E-state index in [2.05, 4.69) is 15.2 Å². The summed E-state index contributed by atoms with van der Waals surface area (Å²) in [5.41, 5.74) is 3.63. The van der Waals surface area contributed by atoms with Crippen molar-refractivity contribution in [1.82, 2.24) is 23.9 Å². The summed E-state index contributed by atoms with van der Waals surface area (Å²) in [6.45, 7) is 4.48. The maximum atomic E-state index is 14.0. The minimum absolute atomic E-state index is 0.00101. The van der Waals surface area contributed by atoms with Crippen molar-refractivity contribution < 1.29 is 27.1 Å². The van der Waals surface area contributed by atoms with Crippen LogP contribution < -0.4 is 4.90 Å². The van der Waals surface area contributed by atoms with Gasteiger partial charge in [0.2, 0.25) is 15.8 Å². The van der Waals surface area contributed by atoms with Gasteiger partial charge in [-0.1, -0.05) is 18.2 Å². The van der Waals surface area contributed by atoms with E-state index in [4.69, 9.17) is 0 Å². The number of aliphatic carboxylic acids is 1. The fourth-order valence-electron chi connectivity index (χ4n) is 6.32. The van der Waals surface area contributed by atoms with E-state index in [0.29, 0.717) is 34.6 Å². The van der Waals surface area contributed by atoms with Gasteiger partial charge in [-0.3, -0.25) is 9.20 Å². The van der Waals surface area contributed by atoms with Crippen LogP contribution in [0.3, 0.4) is 0 Å². The highest BCUT2D eigenvalue weighted by Gasteiger charge is 2.40. The molecule has 0 aliphatic carbocycles. The van der Waals surface area contributed by atoms with E-state index in [1.54, 1.807) is 19.1 Å². The van der Waals surface area contributed by atoms with Gasteiger partial charge in [-0.15, -0.1) is 10.2 Å². The third kappa shape index (κ3) is 5.05. The maximum Gasteiger partial charge on any atom is 0.304 e. The lowest BCUT2D eigenvalue weighted by Crippen LogP contribution is -2.39. The van der Waals surface area contributed by atoms with Crippen LogP contribution in [0, 0.1) is 25.2 Å². The van der Waals surface area contributed by atoms with Crippen LogP contribution in [0.5, 0.6) is 0 Å². The number of hydrogen-bond acceptors (Lipinski definition) is 8. The summed E-state index contributed by atoms with van der Waals surface area (Å²) in [4.78, 5) is 18.4. The smallest absolute Gasteiger partial charge is 0.304 e. The van der Waals surface area contributed by atoms with Crippen molar-refractivity contribution >= 4 is 27.5 Å². The molecule has 2 atom stereocenters. The molecule has 0 bridgehead atoms. The number of carbonyl (C=O) groups is 1. The third-order valence-electron chi connectivity index (χ3n) is 8.61. The van der Waals surface area contributed by atoms with Crippen molar-refractivity contribution in [2.24, 2.45) is 0 Å². The zero-order valence-electron chi connectivity index (χ0n) is 24.0. The molecule has 0 spiro atoms. The predicted octanol–water partition coefficient (Wildman–Crippen LogP) is 4.33. The summed E-state index contributed by atoms with van der Waals surface area (Å²) in [6.07, 6.45) is 1.38. The van der Waals surface area contributed by atoms with Crippen molar-refractivity contribution in [1.29, 1.82) is 5.26 Å². The lowest BCUT2D eigenvalue weighted by molar-refractivity contribution is -0.137. The van der Waals surface area contributed by atoms with E-state index < -0.39 is 34.2 Å². The van der Waals surface area contributed by atoms with E-state index in [-0.39, 0.29) is 41.7 Å². The number of carboxylic acids is 1. The van der Waals surface area contributed by atoms with Gasteiger partial charge in [0.1, 0.15) is 16.8 Å². The number of hydrogen-bond donors (Lipinski definition) is 1. The molecule has 6 rings (SSSR count). The molecule has 0 radical (unpaired) electrons. The predicted molar refractivity (Wildman–Crippen MR) is 155 cm³/mol. The number of alkyl halides is 2. The lowest BCUT2D eigenvalue weighted by Gasteiger charge is -2.26. The number of halogens is 2. The summed E-state index contributed by atoms with van der Waals surface area (Å²) in [7, 11) is -4.04. The Kier molecular flexibility index (Phi) is 7.54. The van der Waals surface area contributed by atoms with Crippen LogP contribution in [0.15, 0.2) is 47.6 Å². The molecule has 3 aromatic heterocycles. The van der Waals surface area contributed by atoms with Crippen LogP contribution in [-0.4, -0.2) is 62.5 Å². The molecule has 4 aromatic rings. The zero-order chi connectivity index (χ0) is 31.3. The zero-order valence-corrected chi connectivity index (χ0v) is 24.8. The number of rotatable bonds is 7. The molecule has 2 aliphatic heterocycles. The number of aryl methyl sites for hydroxylation is 2. The molecule has 0 saturated carbocycles. The molecular formula is C30H29F2N7O4S. The van der Waals surface area contributed by atoms with Gasteiger partial charge in [-0.25, -0.2) is 22.2 Å². The summed E-state index contributed by atoms with van der Waals surface area (Å²) in [5, 5.41) is 26.8. The first-order valence-electron chi connectivity index (χ1n) is 14.1. The molecule has 5 heterocycles. The minimum Gasteiger partial charge on any atom is -0.481 e. The standard InChI is InChI=1S/C30H29F2N7O4S/c1-17-5-6-20(24(12-26(40)41)23-7-9-39-28(18(23)2)35-36-30(39)27(31)32)11-21(17)15-37-16-22-4-3-8-38(22)29-25(44(37,42)43)10-19(13-33)14-34-29/h5-7,9-11,14,22,24,27H,3-4,8,12,15-16H2,1-2H3,(H,40,41)/t22-,24+/m1/s1. The molecule has 1 aromatic carbocycles. The average Bonchev–Trinajstić information content (AvgIpc) is 3.63. The maximum absolute atomic E-state index is 14.0. The fourth-order valence-corrected chi connectivity index (χ4v) is 7.95. The number of benzene rings is 1. The second kappa shape index (κ2) is 11.2. The van der Waals surface area contributed by atoms with E-state index in [0.717, 1.165) is 18.4 Å². The number of nitriles is 1. The van der Waals surface area contributed by atoms with Crippen molar-refractivity contribution in [3.05, 3.63) is 81.9 Å².